The molecule has 0 aliphatic carbocycles. The maximum absolute atomic E-state index is 6.36. The summed E-state index contributed by atoms with van der Waals surface area (Å²) in [4.78, 5) is 0. The lowest BCUT2D eigenvalue weighted by atomic mass is 9.84. The average molecular weight is 446 g/mol. The van der Waals surface area contributed by atoms with Crippen LogP contribution < -0.4 is 18.9 Å². The lowest BCUT2D eigenvalue weighted by molar-refractivity contribution is 0.0335. The van der Waals surface area contributed by atoms with Gasteiger partial charge in [0.25, 0.3) is 0 Å². The normalized spacial score (nSPS) is 22.6. The molecule has 33 heavy (non-hydrogen) atoms. The number of benzene rings is 3. The van der Waals surface area contributed by atoms with E-state index in [0.717, 1.165) is 35.0 Å². The Bertz CT molecular complexity index is 1110. The first-order chi connectivity index (χ1) is 16.3. The van der Waals surface area contributed by atoms with Crippen molar-refractivity contribution in [3.8, 4) is 23.0 Å². The lowest BCUT2D eigenvalue weighted by Gasteiger charge is -2.24. The fourth-order valence-corrected chi connectivity index (χ4v) is 4.85. The van der Waals surface area contributed by atoms with Crippen LogP contribution in [0.4, 0.5) is 0 Å². The van der Waals surface area contributed by atoms with E-state index >= 15 is 0 Å². The molecule has 0 unspecified atom stereocenters. The monoisotopic (exact) mass is 446 g/mol. The Morgan fingerprint density at radius 3 is 2.27 bits per heavy atom. The molecule has 0 saturated carbocycles. The number of hydrogen-bond acceptors (Lipinski definition) is 6. The molecule has 0 bridgehead atoms. The SMILES string of the molecule is c1ccc(COC[C@H]2[C@H](Cc3ccc4c(c3)OCO4)CO[C@@H]2c2ccc3c(c2)OCO3)cc1. The summed E-state index contributed by atoms with van der Waals surface area (Å²) < 4.78 is 34.7. The predicted molar refractivity (Wildman–Crippen MR) is 121 cm³/mol. The predicted octanol–water partition coefficient (Wildman–Crippen LogP) is 4.91. The molecule has 6 rings (SSSR count). The van der Waals surface area contributed by atoms with Gasteiger partial charge < -0.3 is 28.4 Å². The van der Waals surface area contributed by atoms with Crippen molar-refractivity contribution >= 4 is 0 Å². The van der Waals surface area contributed by atoms with Gasteiger partial charge in [-0.1, -0.05) is 42.5 Å². The molecule has 3 atom stereocenters. The van der Waals surface area contributed by atoms with Gasteiger partial charge in [-0.3, -0.25) is 0 Å². The van der Waals surface area contributed by atoms with Crippen molar-refractivity contribution in [2.45, 2.75) is 19.1 Å². The van der Waals surface area contributed by atoms with Crippen LogP contribution in [0.1, 0.15) is 22.8 Å². The molecule has 3 aliphatic heterocycles. The largest absolute Gasteiger partial charge is 0.454 e. The highest BCUT2D eigenvalue weighted by molar-refractivity contribution is 5.46. The van der Waals surface area contributed by atoms with Gasteiger partial charge in [-0.05, 0) is 53.3 Å². The molecular formula is C27H26O6. The van der Waals surface area contributed by atoms with E-state index < -0.39 is 0 Å². The van der Waals surface area contributed by atoms with Crippen molar-refractivity contribution in [3.63, 3.8) is 0 Å². The molecule has 0 spiro atoms. The van der Waals surface area contributed by atoms with E-state index in [1.165, 1.54) is 11.1 Å². The van der Waals surface area contributed by atoms with Crippen molar-refractivity contribution in [2.24, 2.45) is 11.8 Å². The fourth-order valence-electron chi connectivity index (χ4n) is 4.85. The van der Waals surface area contributed by atoms with Gasteiger partial charge >= 0.3 is 0 Å². The van der Waals surface area contributed by atoms with Crippen molar-refractivity contribution in [1.82, 2.24) is 0 Å². The van der Waals surface area contributed by atoms with Crippen LogP contribution in [0, 0.1) is 11.8 Å². The van der Waals surface area contributed by atoms with Crippen LogP contribution >= 0.6 is 0 Å². The molecule has 3 aromatic rings. The Labute approximate surface area is 192 Å². The van der Waals surface area contributed by atoms with Crippen LogP contribution in [-0.2, 0) is 22.5 Å². The van der Waals surface area contributed by atoms with Gasteiger partial charge in [-0.25, -0.2) is 0 Å². The minimum atomic E-state index is -0.0608. The molecule has 3 heterocycles. The van der Waals surface area contributed by atoms with Crippen LogP contribution in [0.5, 0.6) is 23.0 Å². The van der Waals surface area contributed by atoms with E-state index in [4.69, 9.17) is 28.4 Å². The third kappa shape index (κ3) is 4.24. The van der Waals surface area contributed by atoms with Gasteiger partial charge in [-0.15, -0.1) is 0 Å². The number of hydrogen-bond donors (Lipinski definition) is 0. The molecule has 1 saturated heterocycles. The lowest BCUT2D eigenvalue weighted by Crippen LogP contribution is -2.23. The minimum absolute atomic E-state index is 0.0608. The molecule has 0 aromatic heterocycles. The van der Waals surface area contributed by atoms with Gasteiger partial charge in [0, 0.05) is 5.92 Å². The fraction of sp³-hybridized carbons (Fsp3) is 0.333. The summed E-state index contributed by atoms with van der Waals surface area (Å²) in [6.45, 7) is 2.42. The van der Waals surface area contributed by atoms with Crippen LogP contribution in [0.25, 0.3) is 0 Å². The van der Waals surface area contributed by atoms with Gasteiger partial charge in [0.05, 0.1) is 25.9 Å². The molecule has 0 amide bonds. The van der Waals surface area contributed by atoms with Crippen molar-refractivity contribution in [2.75, 3.05) is 26.8 Å². The number of fused-ring (bicyclic) bond motifs is 2. The zero-order valence-electron chi connectivity index (χ0n) is 18.3. The Kier molecular flexibility index (Phi) is 5.54. The quantitative estimate of drug-likeness (QED) is 0.514. The highest BCUT2D eigenvalue weighted by Crippen LogP contribution is 2.44. The van der Waals surface area contributed by atoms with Gasteiger partial charge in [0.1, 0.15) is 0 Å². The second-order valence-electron chi connectivity index (χ2n) is 8.68. The first kappa shape index (κ1) is 20.4. The van der Waals surface area contributed by atoms with Crippen molar-refractivity contribution in [1.29, 1.82) is 0 Å². The summed E-state index contributed by atoms with van der Waals surface area (Å²) in [5, 5.41) is 0. The Hall–Kier alpha value is -3.22. The van der Waals surface area contributed by atoms with Gasteiger partial charge in [0.2, 0.25) is 13.6 Å². The molecule has 170 valence electrons. The van der Waals surface area contributed by atoms with Gasteiger partial charge in [0.15, 0.2) is 23.0 Å². The van der Waals surface area contributed by atoms with E-state index in [0.29, 0.717) is 25.7 Å². The molecule has 3 aliphatic rings. The topological polar surface area (TPSA) is 55.4 Å². The number of ether oxygens (including phenoxy) is 6. The average Bonchev–Trinajstić information content (AvgIpc) is 3.59. The van der Waals surface area contributed by atoms with E-state index in [9.17, 15) is 0 Å². The maximum Gasteiger partial charge on any atom is 0.231 e. The zero-order chi connectivity index (χ0) is 22.0. The van der Waals surface area contributed by atoms with E-state index in [2.05, 4.69) is 30.3 Å². The summed E-state index contributed by atoms with van der Waals surface area (Å²) in [5.74, 6) is 3.71. The van der Waals surface area contributed by atoms with Crippen LogP contribution in [-0.4, -0.2) is 26.8 Å². The molecular weight excluding hydrogens is 420 g/mol. The standard InChI is InChI=1S/C27H26O6/c1-2-4-18(5-3-1)13-28-15-22-21(10-19-6-8-23-25(11-19)32-16-30-23)14-29-27(22)20-7-9-24-26(12-20)33-17-31-24/h1-9,11-12,21-22,27H,10,13-17H2/t21-,22+,27-/m1/s1. The third-order valence-corrected chi connectivity index (χ3v) is 6.57. The first-order valence-electron chi connectivity index (χ1n) is 11.3. The molecule has 3 aromatic carbocycles. The first-order valence-corrected chi connectivity index (χ1v) is 11.3. The Balaban J connectivity index is 1.21. The molecule has 0 radical (unpaired) electrons. The van der Waals surface area contributed by atoms with Crippen LogP contribution in [0.2, 0.25) is 0 Å². The van der Waals surface area contributed by atoms with E-state index in [1.54, 1.807) is 0 Å². The van der Waals surface area contributed by atoms with E-state index in [-0.39, 0.29) is 25.6 Å². The summed E-state index contributed by atoms with van der Waals surface area (Å²) in [5.41, 5.74) is 3.48. The van der Waals surface area contributed by atoms with Crippen LogP contribution in [0.15, 0.2) is 66.7 Å². The summed E-state index contributed by atoms with van der Waals surface area (Å²) >= 11 is 0. The molecule has 1 fully saturated rings. The zero-order valence-corrected chi connectivity index (χ0v) is 18.3. The van der Waals surface area contributed by atoms with E-state index in [1.807, 2.05) is 36.4 Å². The second kappa shape index (κ2) is 8.96. The second-order valence-corrected chi connectivity index (χ2v) is 8.68. The summed E-state index contributed by atoms with van der Waals surface area (Å²) in [6.07, 6.45) is 0.825. The highest BCUT2D eigenvalue weighted by Gasteiger charge is 2.39. The summed E-state index contributed by atoms with van der Waals surface area (Å²) in [7, 11) is 0. The molecule has 6 heteroatoms. The van der Waals surface area contributed by atoms with Crippen molar-refractivity contribution < 1.29 is 28.4 Å². The molecule has 6 nitrogen and oxygen atoms in total. The molecule has 0 N–H and O–H groups in total. The van der Waals surface area contributed by atoms with Crippen LogP contribution in [0.3, 0.4) is 0 Å². The smallest absolute Gasteiger partial charge is 0.231 e. The minimum Gasteiger partial charge on any atom is -0.454 e. The van der Waals surface area contributed by atoms with Gasteiger partial charge in [-0.2, -0.15) is 0 Å². The number of rotatable bonds is 7. The third-order valence-electron chi connectivity index (χ3n) is 6.57. The Morgan fingerprint density at radius 2 is 1.45 bits per heavy atom. The highest BCUT2D eigenvalue weighted by atomic mass is 16.7. The summed E-state index contributed by atoms with van der Waals surface area (Å²) in [6, 6.07) is 22.5. The Morgan fingerprint density at radius 1 is 0.727 bits per heavy atom. The maximum atomic E-state index is 6.36. The van der Waals surface area contributed by atoms with Crippen molar-refractivity contribution in [3.05, 3.63) is 83.4 Å².